The molecule has 0 unspecified atom stereocenters. The van der Waals surface area contributed by atoms with Crippen LogP contribution in [0, 0.1) is 12.8 Å². The van der Waals surface area contributed by atoms with Gasteiger partial charge in [-0.1, -0.05) is 19.3 Å². The van der Waals surface area contributed by atoms with E-state index in [0.717, 1.165) is 17.8 Å². The van der Waals surface area contributed by atoms with E-state index in [1.54, 1.807) is 7.05 Å². The van der Waals surface area contributed by atoms with Crippen LogP contribution in [0.25, 0.3) is 11.1 Å². The normalized spacial score (nSPS) is 14.7. The second-order valence-electron chi connectivity index (χ2n) is 12.3. The molecule has 0 saturated heterocycles. The van der Waals surface area contributed by atoms with Crippen molar-refractivity contribution in [2.24, 2.45) is 5.92 Å². The largest absolute Gasteiger partial charge is 0.455 e. The van der Waals surface area contributed by atoms with Crippen molar-refractivity contribution in [2.75, 3.05) is 25.5 Å². The molecule has 2 heterocycles. The number of aromatic nitrogens is 3. The second kappa shape index (κ2) is 12.2. The summed E-state index contributed by atoms with van der Waals surface area (Å²) in [4.78, 5) is 31.6. The third-order valence-corrected chi connectivity index (χ3v) is 6.50. The van der Waals surface area contributed by atoms with Crippen molar-refractivity contribution in [1.82, 2.24) is 19.7 Å². The predicted molar refractivity (Wildman–Crippen MR) is 149 cm³/mol. The van der Waals surface area contributed by atoms with Gasteiger partial charge in [0.2, 0.25) is 0 Å². The molecule has 2 aromatic heterocycles. The van der Waals surface area contributed by atoms with Crippen LogP contribution in [-0.2, 0) is 16.0 Å². The van der Waals surface area contributed by atoms with Crippen molar-refractivity contribution >= 4 is 17.9 Å². The molecule has 0 radical (unpaired) electrons. The van der Waals surface area contributed by atoms with Crippen molar-refractivity contribution in [3.63, 3.8) is 0 Å². The zero-order chi connectivity index (χ0) is 28.1. The number of rotatable bonds is 8. The molecule has 2 aromatic rings. The van der Waals surface area contributed by atoms with Crippen LogP contribution in [0.2, 0.25) is 0 Å². The van der Waals surface area contributed by atoms with Crippen molar-refractivity contribution in [3.8, 4) is 11.1 Å². The molecule has 1 N–H and O–H groups in total. The van der Waals surface area contributed by atoms with E-state index in [0.29, 0.717) is 30.4 Å². The average Bonchev–Trinajstić information content (AvgIpc) is 3.17. The molecular weight excluding hydrogens is 482 g/mol. The number of carbonyl (C=O) groups excluding carboxylic acids is 2. The maximum atomic E-state index is 13.2. The highest BCUT2D eigenvalue weighted by atomic mass is 16.6. The number of pyridine rings is 1. The second-order valence-corrected chi connectivity index (χ2v) is 12.3. The third-order valence-electron chi connectivity index (χ3n) is 6.50. The molecule has 0 atom stereocenters. The van der Waals surface area contributed by atoms with Gasteiger partial charge in [-0.2, -0.15) is 5.10 Å². The van der Waals surface area contributed by atoms with Gasteiger partial charge in [0.15, 0.2) is 5.69 Å². The molecular formula is C29H45N5O4. The quantitative estimate of drug-likeness (QED) is 0.416. The summed E-state index contributed by atoms with van der Waals surface area (Å²) >= 11 is 0. The van der Waals surface area contributed by atoms with Crippen LogP contribution in [0.4, 0.5) is 10.6 Å². The van der Waals surface area contributed by atoms with Crippen molar-refractivity contribution < 1.29 is 19.1 Å². The first-order valence-corrected chi connectivity index (χ1v) is 13.7. The minimum Gasteiger partial charge on any atom is -0.455 e. The summed E-state index contributed by atoms with van der Waals surface area (Å²) in [5.41, 5.74) is 1.62. The van der Waals surface area contributed by atoms with Crippen molar-refractivity contribution in [1.29, 1.82) is 0 Å². The monoisotopic (exact) mass is 527 g/mol. The topological polar surface area (TPSA) is 98.6 Å². The van der Waals surface area contributed by atoms with Gasteiger partial charge in [-0.05, 0) is 79.4 Å². The lowest BCUT2D eigenvalue weighted by Crippen LogP contribution is -2.36. The van der Waals surface area contributed by atoms with E-state index < -0.39 is 23.3 Å². The van der Waals surface area contributed by atoms with Crippen LogP contribution < -0.4 is 5.32 Å². The maximum absolute atomic E-state index is 13.2. The van der Waals surface area contributed by atoms with Crippen LogP contribution in [0.1, 0.15) is 89.8 Å². The number of nitrogens with zero attached hydrogens (tertiary/aromatic N) is 4. The van der Waals surface area contributed by atoms with E-state index in [1.165, 1.54) is 37.0 Å². The summed E-state index contributed by atoms with van der Waals surface area (Å²) < 4.78 is 13.2. The minimum atomic E-state index is -0.657. The number of esters is 1. The van der Waals surface area contributed by atoms with E-state index in [2.05, 4.69) is 20.1 Å². The maximum Gasteiger partial charge on any atom is 0.410 e. The van der Waals surface area contributed by atoms with Gasteiger partial charge in [0.1, 0.15) is 17.0 Å². The van der Waals surface area contributed by atoms with Gasteiger partial charge in [0.25, 0.3) is 0 Å². The number of nitrogens with one attached hydrogen (secondary N) is 1. The summed E-state index contributed by atoms with van der Waals surface area (Å²) in [6.45, 7) is 14.8. The fraction of sp³-hybridized carbons (Fsp3) is 0.655. The molecule has 3 rings (SSSR count). The Morgan fingerprint density at radius 1 is 1.03 bits per heavy atom. The first-order chi connectivity index (χ1) is 17.7. The highest BCUT2D eigenvalue weighted by Crippen LogP contribution is 2.31. The molecule has 210 valence electrons. The molecule has 1 aliphatic rings. The average molecular weight is 528 g/mol. The minimum absolute atomic E-state index is 0.241. The highest BCUT2D eigenvalue weighted by molar-refractivity contribution is 5.96. The van der Waals surface area contributed by atoms with Gasteiger partial charge < -0.3 is 19.7 Å². The molecule has 1 amide bonds. The van der Waals surface area contributed by atoms with E-state index in [1.807, 2.05) is 66.8 Å². The Morgan fingerprint density at radius 2 is 1.68 bits per heavy atom. The lowest BCUT2D eigenvalue weighted by molar-refractivity contribution is 0.00635. The van der Waals surface area contributed by atoms with E-state index in [9.17, 15) is 9.59 Å². The van der Waals surface area contributed by atoms with Crippen LogP contribution in [0.15, 0.2) is 18.3 Å². The fourth-order valence-corrected chi connectivity index (χ4v) is 4.55. The Morgan fingerprint density at radius 3 is 2.32 bits per heavy atom. The summed E-state index contributed by atoms with van der Waals surface area (Å²) in [6.07, 6.45) is 7.80. The number of amides is 1. The highest BCUT2D eigenvalue weighted by Gasteiger charge is 2.25. The Labute approximate surface area is 227 Å². The summed E-state index contributed by atoms with van der Waals surface area (Å²) in [5, 5.41) is 7.88. The molecule has 0 aliphatic heterocycles. The predicted octanol–water partition coefficient (Wildman–Crippen LogP) is 6.07. The number of hydrogen-bond donors (Lipinski definition) is 1. The number of likely N-dealkylation sites (N-methyl/N-ethyl adjacent to an activating group) is 1. The number of hydrogen-bond acceptors (Lipinski definition) is 7. The van der Waals surface area contributed by atoms with Gasteiger partial charge in [0, 0.05) is 43.5 Å². The third kappa shape index (κ3) is 8.46. The van der Waals surface area contributed by atoms with Crippen LogP contribution in [0.5, 0.6) is 0 Å². The number of ether oxygens (including phenoxy) is 2. The van der Waals surface area contributed by atoms with E-state index >= 15 is 0 Å². The zero-order valence-corrected chi connectivity index (χ0v) is 24.4. The SMILES string of the molecule is Cc1c(-c2ccc(NCCN(C)C(=O)OC(C)(C)C)nc2C(=O)OC(C)(C)C)cnn1CC1CCCCC1. The Kier molecular flexibility index (Phi) is 9.44. The summed E-state index contributed by atoms with van der Waals surface area (Å²) in [5.74, 6) is 0.685. The first-order valence-electron chi connectivity index (χ1n) is 13.7. The van der Waals surface area contributed by atoms with Crippen molar-refractivity contribution in [3.05, 3.63) is 29.7 Å². The summed E-state index contributed by atoms with van der Waals surface area (Å²) in [6, 6.07) is 3.73. The van der Waals surface area contributed by atoms with Gasteiger partial charge in [-0.3, -0.25) is 4.68 Å². The van der Waals surface area contributed by atoms with Gasteiger partial charge in [-0.25, -0.2) is 14.6 Å². The van der Waals surface area contributed by atoms with Gasteiger partial charge in [-0.15, -0.1) is 0 Å². The standard InChI is InChI=1S/C29H45N5O4/c1-20-23(18-31-34(20)19-21-12-10-9-11-13-21)22-14-15-24(32-25(22)26(35)37-28(2,3)4)30-16-17-33(8)27(36)38-29(5,6)7/h14-15,18,21H,9-13,16-17,19H2,1-8H3,(H,30,32). The van der Waals surface area contributed by atoms with Gasteiger partial charge in [0.05, 0.1) is 6.20 Å². The molecule has 9 nitrogen and oxygen atoms in total. The fourth-order valence-electron chi connectivity index (χ4n) is 4.55. The first kappa shape index (κ1) is 29.5. The van der Waals surface area contributed by atoms with Crippen LogP contribution >= 0.6 is 0 Å². The lowest BCUT2D eigenvalue weighted by atomic mass is 9.89. The smallest absolute Gasteiger partial charge is 0.410 e. The Bertz CT molecular complexity index is 1110. The molecule has 38 heavy (non-hydrogen) atoms. The van der Waals surface area contributed by atoms with Crippen LogP contribution in [0.3, 0.4) is 0 Å². The number of carbonyl (C=O) groups is 2. The lowest BCUT2D eigenvalue weighted by Gasteiger charge is -2.24. The molecule has 1 saturated carbocycles. The van der Waals surface area contributed by atoms with Gasteiger partial charge >= 0.3 is 12.1 Å². The van der Waals surface area contributed by atoms with E-state index in [4.69, 9.17) is 9.47 Å². The molecule has 1 fully saturated rings. The zero-order valence-electron chi connectivity index (χ0n) is 24.4. The van der Waals surface area contributed by atoms with Crippen LogP contribution in [-0.4, -0.2) is 63.1 Å². The molecule has 1 aliphatic carbocycles. The van der Waals surface area contributed by atoms with Crippen molar-refractivity contribution in [2.45, 2.75) is 98.3 Å². The Hall–Kier alpha value is -3.10. The molecule has 0 spiro atoms. The molecule has 9 heteroatoms. The number of anilines is 1. The molecule has 0 aromatic carbocycles. The molecule has 0 bridgehead atoms. The van der Waals surface area contributed by atoms with E-state index in [-0.39, 0.29) is 5.69 Å². The summed E-state index contributed by atoms with van der Waals surface area (Å²) in [7, 11) is 1.69. The Balaban J connectivity index is 1.79.